The van der Waals surface area contributed by atoms with Crippen molar-refractivity contribution in [3.63, 3.8) is 0 Å². The van der Waals surface area contributed by atoms with Crippen LogP contribution in [-0.4, -0.2) is 44.4 Å². The number of aromatic nitrogens is 3. The Bertz CT molecular complexity index is 1050. The molecule has 0 aromatic carbocycles. The zero-order valence-electron chi connectivity index (χ0n) is 19.1. The molecule has 0 spiro atoms. The lowest BCUT2D eigenvalue weighted by Gasteiger charge is -2.12. The van der Waals surface area contributed by atoms with Gasteiger partial charge in [-0.3, -0.25) is 9.59 Å². The van der Waals surface area contributed by atoms with Crippen molar-refractivity contribution in [2.45, 2.75) is 70.2 Å². The Balaban J connectivity index is 1.75. The summed E-state index contributed by atoms with van der Waals surface area (Å²) < 4.78 is 7.29. The minimum absolute atomic E-state index is 0.0570. The van der Waals surface area contributed by atoms with Gasteiger partial charge in [-0.05, 0) is 39.2 Å². The second-order valence-corrected chi connectivity index (χ2v) is 10.1. The quantitative estimate of drug-likeness (QED) is 0.293. The highest BCUT2D eigenvalue weighted by molar-refractivity contribution is 7.99. The Morgan fingerprint density at radius 1 is 1.33 bits per heavy atom. The fraction of sp³-hybridized carbons (Fsp3) is 0.500. The zero-order valence-corrected chi connectivity index (χ0v) is 20.7. The number of rotatable bonds is 10. The fourth-order valence-electron chi connectivity index (χ4n) is 3.84. The van der Waals surface area contributed by atoms with Crippen molar-refractivity contribution in [1.29, 1.82) is 0 Å². The molecule has 0 aliphatic heterocycles. The van der Waals surface area contributed by atoms with Gasteiger partial charge >= 0.3 is 5.97 Å². The monoisotopic (exact) mass is 491 g/mol. The largest absolute Gasteiger partial charge is 0.459 e. The van der Waals surface area contributed by atoms with Gasteiger partial charge in [-0.25, -0.2) is 4.79 Å². The van der Waals surface area contributed by atoms with E-state index in [0.29, 0.717) is 23.2 Å². The van der Waals surface area contributed by atoms with E-state index in [4.69, 9.17) is 10.5 Å². The van der Waals surface area contributed by atoms with Gasteiger partial charge in [-0.1, -0.05) is 30.7 Å². The lowest BCUT2D eigenvalue weighted by molar-refractivity contribution is -0.113. The molecule has 9 nitrogen and oxygen atoms in total. The molecule has 2 amide bonds. The minimum Gasteiger partial charge on any atom is -0.459 e. The zero-order chi connectivity index (χ0) is 24.1. The van der Waals surface area contributed by atoms with Crippen molar-refractivity contribution in [3.05, 3.63) is 34.5 Å². The predicted octanol–water partition coefficient (Wildman–Crippen LogP) is 3.89. The molecule has 2 heterocycles. The molecule has 0 radical (unpaired) electrons. The van der Waals surface area contributed by atoms with Gasteiger partial charge in [0.05, 0.1) is 22.3 Å². The van der Waals surface area contributed by atoms with Crippen molar-refractivity contribution in [3.8, 4) is 0 Å². The molecule has 3 N–H and O–H groups in total. The summed E-state index contributed by atoms with van der Waals surface area (Å²) in [5, 5.41) is 12.3. The summed E-state index contributed by atoms with van der Waals surface area (Å²) in [6.07, 6.45) is 6.00. The minimum atomic E-state index is -0.664. The molecule has 1 aliphatic rings. The molecule has 33 heavy (non-hydrogen) atoms. The normalized spacial score (nSPS) is 13.9. The maximum Gasteiger partial charge on any atom is 0.341 e. The number of anilines is 1. The van der Waals surface area contributed by atoms with Crippen LogP contribution < -0.4 is 11.1 Å². The molecule has 178 valence electrons. The van der Waals surface area contributed by atoms with Crippen LogP contribution in [0.25, 0.3) is 0 Å². The Morgan fingerprint density at radius 3 is 2.64 bits per heavy atom. The second-order valence-electron chi connectivity index (χ2n) is 8.14. The third-order valence-electron chi connectivity index (χ3n) is 5.28. The van der Waals surface area contributed by atoms with Gasteiger partial charge in [0.15, 0.2) is 5.16 Å². The Hall–Kier alpha value is -2.66. The molecule has 0 atom stereocenters. The Labute approximate surface area is 201 Å². The van der Waals surface area contributed by atoms with Crippen molar-refractivity contribution in [1.82, 2.24) is 14.8 Å². The van der Waals surface area contributed by atoms with E-state index in [1.807, 2.05) is 4.57 Å². The first kappa shape index (κ1) is 25.0. The number of amides is 2. The number of primary amides is 1. The van der Waals surface area contributed by atoms with Gasteiger partial charge in [0.25, 0.3) is 5.91 Å². The van der Waals surface area contributed by atoms with Gasteiger partial charge in [-0.2, -0.15) is 0 Å². The lowest BCUT2D eigenvalue weighted by atomic mass is 10.1. The molecule has 0 unspecified atom stereocenters. The summed E-state index contributed by atoms with van der Waals surface area (Å²) in [5.41, 5.74) is 5.99. The van der Waals surface area contributed by atoms with Crippen LogP contribution in [0.5, 0.6) is 0 Å². The van der Waals surface area contributed by atoms with E-state index in [-0.39, 0.29) is 33.2 Å². The van der Waals surface area contributed by atoms with Crippen LogP contribution >= 0.6 is 23.1 Å². The molecule has 3 rings (SSSR count). The molecular formula is C22H29N5O4S2. The number of hydrogen-bond acceptors (Lipinski definition) is 8. The van der Waals surface area contributed by atoms with Crippen LogP contribution in [-0.2, 0) is 16.1 Å². The number of thioether (sulfide) groups is 1. The van der Waals surface area contributed by atoms with Crippen molar-refractivity contribution in [2.75, 3.05) is 11.1 Å². The van der Waals surface area contributed by atoms with E-state index in [9.17, 15) is 14.4 Å². The topological polar surface area (TPSA) is 129 Å². The maximum absolute atomic E-state index is 12.7. The summed E-state index contributed by atoms with van der Waals surface area (Å²) >= 11 is 2.23. The van der Waals surface area contributed by atoms with Gasteiger partial charge in [-0.15, -0.1) is 28.1 Å². The SMILES string of the molecule is C=CCn1c(SCC(=O)Nc2sc(C(N)=O)c(C)c2C(=O)OC(C)C)nnc1C1CCCC1. The number of nitrogens with one attached hydrogen (secondary N) is 1. The van der Waals surface area contributed by atoms with Gasteiger partial charge in [0.1, 0.15) is 10.8 Å². The standard InChI is InChI=1S/C22H29N5O4S2/c1-5-10-27-19(14-8-6-7-9-14)25-26-22(27)32-11-15(28)24-20-16(21(30)31-12(2)3)13(4)17(33-20)18(23)29/h5,12,14H,1,6-11H2,2-4H3,(H2,23,29)(H,24,28). The smallest absolute Gasteiger partial charge is 0.341 e. The van der Waals surface area contributed by atoms with Gasteiger partial charge in [0, 0.05) is 12.5 Å². The van der Waals surface area contributed by atoms with Crippen LogP contribution in [0.4, 0.5) is 5.00 Å². The molecule has 11 heteroatoms. The summed E-state index contributed by atoms with van der Waals surface area (Å²) in [5.74, 6) is -0.234. The van der Waals surface area contributed by atoms with E-state index in [1.54, 1.807) is 26.8 Å². The van der Waals surface area contributed by atoms with E-state index in [2.05, 4.69) is 22.1 Å². The second kappa shape index (κ2) is 11.0. The third kappa shape index (κ3) is 5.83. The molecule has 1 aliphatic carbocycles. The summed E-state index contributed by atoms with van der Waals surface area (Å²) in [7, 11) is 0. The van der Waals surface area contributed by atoms with Gasteiger partial charge in [0.2, 0.25) is 5.91 Å². The van der Waals surface area contributed by atoms with Crippen molar-refractivity contribution < 1.29 is 19.1 Å². The Kier molecular flexibility index (Phi) is 8.30. The number of thiophene rings is 1. The third-order valence-corrected chi connectivity index (χ3v) is 7.47. The van der Waals surface area contributed by atoms with Crippen LogP contribution in [0.3, 0.4) is 0 Å². The maximum atomic E-state index is 12.7. The number of hydrogen-bond donors (Lipinski definition) is 2. The fourth-order valence-corrected chi connectivity index (χ4v) is 5.66. The van der Waals surface area contributed by atoms with Crippen molar-refractivity contribution >= 4 is 45.9 Å². The molecule has 2 aromatic heterocycles. The summed E-state index contributed by atoms with van der Waals surface area (Å²) in [6, 6.07) is 0. The van der Waals surface area contributed by atoms with Crippen molar-refractivity contribution in [2.24, 2.45) is 5.73 Å². The van der Waals surface area contributed by atoms with Crippen LogP contribution in [0.15, 0.2) is 17.8 Å². The van der Waals surface area contributed by atoms with E-state index >= 15 is 0 Å². The van der Waals surface area contributed by atoms with E-state index in [1.165, 1.54) is 24.6 Å². The summed E-state index contributed by atoms with van der Waals surface area (Å²) in [4.78, 5) is 37.3. The van der Waals surface area contributed by atoms with Crippen LogP contribution in [0.1, 0.15) is 76.9 Å². The molecule has 1 saturated carbocycles. The number of esters is 1. The van der Waals surface area contributed by atoms with Crippen LogP contribution in [0, 0.1) is 6.92 Å². The number of ether oxygens (including phenoxy) is 1. The number of carbonyl (C=O) groups is 3. The van der Waals surface area contributed by atoms with E-state index < -0.39 is 11.9 Å². The Morgan fingerprint density at radius 2 is 2.03 bits per heavy atom. The average molecular weight is 492 g/mol. The molecule has 0 saturated heterocycles. The number of nitrogens with zero attached hydrogens (tertiary/aromatic N) is 3. The molecule has 0 bridgehead atoms. The lowest BCUT2D eigenvalue weighted by Crippen LogP contribution is -2.18. The molecule has 1 fully saturated rings. The first-order chi connectivity index (χ1) is 15.7. The number of nitrogens with two attached hydrogens (primary N) is 1. The van der Waals surface area contributed by atoms with Gasteiger partial charge < -0.3 is 20.4 Å². The summed E-state index contributed by atoms with van der Waals surface area (Å²) in [6.45, 7) is 9.45. The highest BCUT2D eigenvalue weighted by Gasteiger charge is 2.27. The molecule has 2 aromatic rings. The van der Waals surface area contributed by atoms with E-state index in [0.717, 1.165) is 30.0 Å². The number of carbonyl (C=O) groups excluding carboxylic acids is 3. The number of allylic oxidation sites excluding steroid dienone is 1. The van der Waals surface area contributed by atoms with Crippen LogP contribution in [0.2, 0.25) is 0 Å². The average Bonchev–Trinajstić information content (AvgIpc) is 3.45. The first-order valence-corrected chi connectivity index (χ1v) is 12.6. The molecular weight excluding hydrogens is 462 g/mol. The highest BCUT2D eigenvalue weighted by Crippen LogP contribution is 2.35. The predicted molar refractivity (Wildman–Crippen MR) is 129 cm³/mol. The first-order valence-electron chi connectivity index (χ1n) is 10.8. The highest BCUT2D eigenvalue weighted by atomic mass is 32.2.